The molecule has 3 rings (SSSR count). The quantitative estimate of drug-likeness (QED) is 0.518. The second kappa shape index (κ2) is 7.88. The number of carbonyl (C=O) groups excluding carboxylic acids is 1. The normalized spacial score (nSPS) is 11.3. The fourth-order valence-corrected chi connectivity index (χ4v) is 2.15. The van der Waals surface area contributed by atoms with Crippen molar-refractivity contribution in [3.63, 3.8) is 0 Å². The SMILES string of the molecule is Cn1cc(/C=N/NC(=O)c2cccc(N/N=C/c3cnn(C)c3)c2)cn1. The fourth-order valence-electron chi connectivity index (χ4n) is 2.15. The summed E-state index contributed by atoms with van der Waals surface area (Å²) in [4.78, 5) is 12.2. The fraction of sp³-hybridized carbons (Fsp3) is 0.118. The van der Waals surface area contributed by atoms with E-state index >= 15 is 0 Å². The zero-order chi connectivity index (χ0) is 18.4. The van der Waals surface area contributed by atoms with Gasteiger partial charge in [0.2, 0.25) is 0 Å². The summed E-state index contributed by atoms with van der Waals surface area (Å²) in [5, 5.41) is 16.1. The van der Waals surface area contributed by atoms with Gasteiger partial charge in [-0.1, -0.05) is 6.07 Å². The van der Waals surface area contributed by atoms with Crippen LogP contribution in [0.25, 0.3) is 0 Å². The van der Waals surface area contributed by atoms with Crippen molar-refractivity contribution in [2.24, 2.45) is 24.3 Å². The van der Waals surface area contributed by atoms with Crippen LogP contribution in [0.3, 0.4) is 0 Å². The summed E-state index contributed by atoms with van der Waals surface area (Å²) in [6, 6.07) is 6.97. The number of hydrazone groups is 2. The van der Waals surface area contributed by atoms with Crippen LogP contribution in [0.15, 0.2) is 59.3 Å². The highest BCUT2D eigenvalue weighted by Gasteiger charge is 2.04. The van der Waals surface area contributed by atoms with Crippen molar-refractivity contribution >= 4 is 24.0 Å². The van der Waals surface area contributed by atoms with Crippen LogP contribution in [0, 0.1) is 0 Å². The minimum atomic E-state index is -0.315. The van der Waals surface area contributed by atoms with Gasteiger partial charge >= 0.3 is 0 Å². The minimum Gasteiger partial charge on any atom is -0.278 e. The summed E-state index contributed by atoms with van der Waals surface area (Å²) in [7, 11) is 3.65. The third kappa shape index (κ3) is 4.63. The largest absolute Gasteiger partial charge is 0.278 e. The molecule has 0 aliphatic heterocycles. The van der Waals surface area contributed by atoms with Gasteiger partial charge in [-0.05, 0) is 18.2 Å². The highest BCUT2D eigenvalue weighted by atomic mass is 16.2. The van der Waals surface area contributed by atoms with Crippen molar-refractivity contribution in [3.05, 3.63) is 65.7 Å². The Balaban J connectivity index is 1.58. The van der Waals surface area contributed by atoms with Crippen LogP contribution in [0.2, 0.25) is 0 Å². The van der Waals surface area contributed by atoms with E-state index in [0.29, 0.717) is 11.3 Å². The van der Waals surface area contributed by atoms with Gasteiger partial charge in [0.15, 0.2) is 0 Å². The average Bonchev–Trinajstić information content (AvgIpc) is 3.23. The molecule has 0 radical (unpaired) electrons. The zero-order valence-corrected chi connectivity index (χ0v) is 14.4. The monoisotopic (exact) mass is 350 g/mol. The molecule has 0 spiro atoms. The Kier molecular flexibility index (Phi) is 5.18. The van der Waals surface area contributed by atoms with Crippen LogP contribution in [-0.2, 0) is 14.1 Å². The predicted octanol–water partition coefficient (Wildman–Crippen LogP) is 1.36. The number of carbonyl (C=O) groups is 1. The number of hydrogen-bond acceptors (Lipinski definition) is 6. The lowest BCUT2D eigenvalue weighted by molar-refractivity contribution is 0.0955. The van der Waals surface area contributed by atoms with Crippen LogP contribution in [0.4, 0.5) is 5.69 Å². The van der Waals surface area contributed by atoms with E-state index in [9.17, 15) is 4.79 Å². The number of benzene rings is 1. The summed E-state index contributed by atoms with van der Waals surface area (Å²) >= 11 is 0. The topological polar surface area (TPSA) is 101 Å². The lowest BCUT2D eigenvalue weighted by Gasteiger charge is -2.03. The van der Waals surface area contributed by atoms with E-state index in [-0.39, 0.29) is 5.91 Å². The molecule has 2 heterocycles. The van der Waals surface area contributed by atoms with Gasteiger partial charge < -0.3 is 0 Å². The molecular weight excluding hydrogens is 332 g/mol. The molecule has 0 saturated carbocycles. The number of anilines is 1. The third-order valence-electron chi connectivity index (χ3n) is 3.36. The first kappa shape index (κ1) is 17.1. The van der Waals surface area contributed by atoms with E-state index < -0.39 is 0 Å². The Hall–Kier alpha value is -3.75. The van der Waals surface area contributed by atoms with E-state index in [2.05, 4.69) is 31.3 Å². The van der Waals surface area contributed by atoms with Crippen LogP contribution in [0.5, 0.6) is 0 Å². The Bertz CT molecular complexity index is 953. The highest BCUT2D eigenvalue weighted by molar-refractivity contribution is 5.95. The molecule has 2 N–H and O–H groups in total. The first-order chi connectivity index (χ1) is 12.6. The summed E-state index contributed by atoms with van der Waals surface area (Å²) < 4.78 is 3.35. The number of nitrogens with one attached hydrogen (secondary N) is 2. The Morgan fingerprint density at radius 3 is 2.31 bits per heavy atom. The molecule has 0 saturated heterocycles. The Labute approximate surface area is 150 Å². The summed E-state index contributed by atoms with van der Waals surface area (Å²) in [6.07, 6.45) is 10.2. The van der Waals surface area contributed by atoms with Gasteiger partial charge in [-0.3, -0.25) is 19.6 Å². The molecule has 0 aliphatic carbocycles. The zero-order valence-electron chi connectivity index (χ0n) is 14.4. The molecule has 3 aromatic rings. The van der Waals surface area contributed by atoms with E-state index in [1.54, 1.807) is 52.4 Å². The summed E-state index contributed by atoms with van der Waals surface area (Å²) in [5.74, 6) is -0.315. The maximum Gasteiger partial charge on any atom is 0.271 e. The summed E-state index contributed by atoms with van der Waals surface area (Å²) in [6.45, 7) is 0. The molecule has 2 aromatic heterocycles. The number of aromatic nitrogens is 4. The number of nitrogens with zero attached hydrogens (tertiary/aromatic N) is 6. The summed E-state index contributed by atoms with van der Waals surface area (Å²) in [5.41, 5.74) is 8.20. The number of hydrogen-bond donors (Lipinski definition) is 2. The smallest absolute Gasteiger partial charge is 0.271 e. The van der Waals surface area contributed by atoms with Crippen molar-refractivity contribution < 1.29 is 4.79 Å². The standard InChI is InChI=1S/C17H18N8O/c1-24-11-13(9-20-24)7-18-22-16-5-3-4-15(6-16)17(26)23-19-8-14-10-21-25(2)12-14/h3-12,22H,1-2H3,(H,23,26)/b18-7+,19-8+. The van der Waals surface area contributed by atoms with E-state index in [0.717, 1.165) is 11.1 Å². The predicted molar refractivity (Wildman–Crippen MR) is 99.1 cm³/mol. The lowest BCUT2D eigenvalue weighted by atomic mass is 10.2. The Morgan fingerprint density at radius 1 is 1.04 bits per heavy atom. The van der Waals surface area contributed by atoms with Gasteiger partial charge in [-0.2, -0.15) is 20.4 Å². The van der Waals surface area contributed by atoms with Crippen LogP contribution < -0.4 is 10.9 Å². The van der Waals surface area contributed by atoms with E-state index in [1.165, 1.54) is 6.21 Å². The average molecular weight is 350 g/mol. The van der Waals surface area contributed by atoms with Gasteiger partial charge in [0, 0.05) is 43.2 Å². The second-order valence-corrected chi connectivity index (χ2v) is 5.54. The molecule has 9 nitrogen and oxygen atoms in total. The van der Waals surface area contributed by atoms with Gasteiger partial charge in [0.05, 0.1) is 30.5 Å². The number of amides is 1. The molecule has 1 aromatic carbocycles. The third-order valence-corrected chi connectivity index (χ3v) is 3.36. The maximum absolute atomic E-state index is 12.2. The second-order valence-electron chi connectivity index (χ2n) is 5.54. The van der Waals surface area contributed by atoms with Gasteiger partial charge in [-0.15, -0.1) is 0 Å². The molecular formula is C17H18N8O. The Morgan fingerprint density at radius 2 is 1.69 bits per heavy atom. The van der Waals surface area contributed by atoms with Gasteiger partial charge in [0.25, 0.3) is 5.91 Å². The molecule has 1 amide bonds. The molecule has 26 heavy (non-hydrogen) atoms. The van der Waals surface area contributed by atoms with Crippen LogP contribution in [0.1, 0.15) is 21.5 Å². The molecule has 9 heteroatoms. The highest BCUT2D eigenvalue weighted by Crippen LogP contribution is 2.10. The molecule has 132 valence electrons. The minimum absolute atomic E-state index is 0.315. The van der Waals surface area contributed by atoms with E-state index in [1.807, 2.05) is 26.4 Å². The first-order valence-corrected chi connectivity index (χ1v) is 7.80. The molecule has 0 unspecified atom stereocenters. The van der Waals surface area contributed by atoms with Crippen molar-refractivity contribution in [1.82, 2.24) is 25.0 Å². The van der Waals surface area contributed by atoms with Crippen molar-refractivity contribution in [2.45, 2.75) is 0 Å². The van der Waals surface area contributed by atoms with Crippen molar-refractivity contribution in [1.29, 1.82) is 0 Å². The van der Waals surface area contributed by atoms with Crippen LogP contribution >= 0.6 is 0 Å². The first-order valence-electron chi connectivity index (χ1n) is 7.80. The number of rotatable bonds is 6. The molecule has 0 bridgehead atoms. The maximum atomic E-state index is 12.2. The van der Waals surface area contributed by atoms with E-state index in [4.69, 9.17) is 0 Å². The van der Waals surface area contributed by atoms with Crippen molar-refractivity contribution in [2.75, 3.05) is 5.43 Å². The molecule has 0 aliphatic rings. The van der Waals surface area contributed by atoms with Gasteiger partial charge in [-0.25, -0.2) is 5.43 Å². The number of aryl methyl sites for hydroxylation is 2. The molecule has 0 atom stereocenters. The van der Waals surface area contributed by atoms with Crippen LogP contribution in [-0.4, -0.2) is 37.9 Å². The van der Waals surface area contributed by atoms with Gasteiger partial charge in [0.1, 0.15) is 0 Å². The van der Waals surface area contributed by atoms with Crippen molar-refractivity contribution in [3.8, 4) is 0 Å². The lowest BCUT2D eigenvalue weighted by Crippen LogP contribution is -2.17. The molecule has 0 fully saturated rings.